The zero-order valence-corrected chi connectivity index (χ0v) is 12.6. The summed E-state index contributed by atoms with van der Waals surface area (Å²) in [5.41, 5.74) is 0.941. The van der Waals surface area contributed by atoms with Gasteiger partial charge in [0.05, 0.1) is 6.04 Å². The van der Waals surface area contributed by atoms with E-state index in [0.717, 1.165) is 32.1 Å². The Balaban J connectivity index is 2.10. The van der Waals surface area contributed by atoms with E-state index >= 15 is 0 Å². The average molecular weight is 290 g/mol. The average Bonchev–Trinajstić information content (AvgIpc) is 3.27. The molecule has 21 heavy (non-hydrogen) atoms. The molecule has 0 atom stereocenters. The van der Waals surface area contributed by atoms with Gasteiger partial charge in [-0.3, -0.25) is 4.79 Å². The van der Waals surface area contributed by atoms with E-state index in [1.165, 1.54) is 0 Å². The van der Waals surface area contributed by atoms with Crippen LogP contribution < -0.4 is 4.74 Å². The van der Waals surface area contributed by atoms with Crippen LogP contribution in [0.3, 0.4) is 0 Å². The van der Waals surface area contributed by atoms with Crippen LogP contribution in [0.15, 0.2) is 22.4 Å². The molecule has 0 saturated heterocycles. The van der Waals surface area contributed by atoms with E-state index < -0.39 is 0 Å². The van der Waals surface area contributed by atoms with Gasteiger partial charge in [0.2, 0.25) is 0 Å². The molecule has 0 heterocycles. The number of nitrogens with zero attached hydrogens (tertiary/aromatic N) is 2. The largest absolute Gasteiger partial charge is 0.505 e. The van der Waals surface area contributed by atoms with E-state index in [9.17, 15) is 9.90 Å². The number of unbranched alkanes of at least 4 members (excludes halogenated alkanes) is 2. The lowest BCUT2D eigenvalue weighted by molar-refractivity contribution is -0.134. The Morgan fingerprint density at radius 2 is 2.14 bits per heavy atom. The second kappa shape index (κ2) is 7.20. The van der Waals surface area contributed by atoms with Gasteiger partial charge in [-0.2, -0.15) is 5.11 Å². The Labute approximate surface area is 125 Å². The molecule has 0 spiro atoms. The number of azo groups is 1. The molecule has 1 aromatic carbocycles. The lowest BCUT2D eigenvalue weighted by atomic mass is 10.2. The maximum Gasteiger partial charge on any atom is 0.311 e. The molecule has 5 nitrogen and oxygen atoms in total. The number of aromatic hydroxyl groups is 1. The number of hydrogen-bond donors (Lipinski definition) is 1. The minimum absolute atomic E-state index is 0.0262. The van der Waals surface area contributed by atoms with E-state index in [2.05, 4.69) is 17.2 Å². The lowest BCUT2D eigenvalue weighted by Crippen LogP contribution is -2.07. The summed E-state index contributed by atoms with van der Waals surface area (Å²) in [5, 5.41) is 18.3. The van der Waals surface area contributed by atoms with Crippen molar-refractivity contribution < 1.29 is 14.6 Å². The highest BCUT2D eigenvalue weighted by atomic mass is 16.5. The van der Waals surface area contributed by atoms with E-state index in [1.807, 2.05) is 0 Å². The topological polar surface area (TPSA) is 71.2 Å². The molecule has 114 valence electrons. The van der Waals surface area contributed by atoms with Crippen molar-refractivity contribution in [2.75, 3.05) is 0 Å². The fraction of sp³-hybridized carbons (Fsp3) is 0.562. The molecule has 0 aromatic heterocycles. The SMILES string of the molecule is CCCCCC(=O)Oc1ccc(C)c(O)c1N=NC1CC1. The molecule has 5 heteroatoms. The molecule has 0 bridgehead atoms. The minimum atomic E-state index is -0.297. The predicted octanol–water partition coefficient (Wildman–Crippen LogP) is 4.43. The van der Waals surface area contributed by atoms with E-state index in [1.54, 1.807) is 19.1 Å². The normalized spacial score (nSPS) is 14.6. The summed E-state index contributed by atoms with van der Waals surface area (Å²) in [6.07, 6.45) is 5.31. The number of esters is 1. The van der Waals surface area contributed by atoms with E-state index in [0.29, 0.717) is 12.0 Å². The Kier molecular flexibility index (Phi) is 5.31. The van der Waals surface area contributed by atoms with Gasteiger partial charge in [0.1, 0.15) is 5.75 Å². The van der Waals surface area contributed by atoms with Gasteiger partial charge in [-0.05, 0) is 37.8 Å². The van der Waals surface area contributed by atoms with Crippen molar-refractivity contribution in [3.8, 4) is 11.5 Å². The Bertz CT molecular complexity index is 537. The van der Waals surface area contributed by atoms with Crippen LogP contribution >= 0.6 is 0 Å². The van der Waals surface area contributed by atoms with Crippen molar-refractivity contribution in [2.24, 2.45) is 10.2 Å². The standard InChI is InChI=1S/C16H22N2O3/c1-3-4-5-6-14(19)21-13-10-7-11(2)16(20)15(13)18-17-12-8-9-12/h7,10,12,20H,3-6,8-9H2,1-2H3. The van der Waals surface area contributed by atoms with Crippen LogP contribution in [-0.4, -0.2) is 17.1 Å². The number of ether oxygens (including phenoxy) is 1. The third-order valence-corrected chi connectivity index (χ3v) is 3.39. The van der Waals surface area contributed by atoms with Gasteiger partial charge >= 0.3 is 5.97 Å². The number of hydrogen-bond acceptors (Lipinski definition) is 5. The fourth-order valence-electron chi connectivity index (χ4n) is 1.86. The number of phenolic OH excluding ortho intramolecular Hbond substituents is 1. The van der Waals surface area contributed by atoms with Crippen LogP contribution in [0.1, 0.15) is 51.0 Å². The first-order chi connectivity index (χ1) is 10.1. The van der Waals surface area contributed by atoms with Crippen LogP contribution in [0.5, 0.6) is 11.5 Å². The molecular weight excluding hydrogens is 268 g/mol. The molecule has 1 fully saturated rings. The van der Waals surface area contributed by atoms with Crippen molar-refractivity contribution in [3.63, 3.8) is 0 Å². The second-order valence-electron chi connectivity index (χ2n) is 5.46. The summed E-state index contributed by atoms with van der Waals surface area (Å²) < 4.78 is 5.33. The minimum Gasteiger partial charge on any atom is -0.505 e. The van der Waals surface area contributed by atoms with Gasteiger partial charge in [-0.25, -0.2) is 0 Å². The highest BCUT2D eigenvalue weighted by molar-refractivity contribution is 5.76. The number of carbonyl (C=O) groups excluding carboxylic acids is 1. The first-order valence-corrected chi connectivity index (χ1v) is 7.56. The van der Waals surface area contributed by atoms with Crippen molar-refractivity contribution in [2.45, 2.75) is 58.4 Å². The Morgan fingerprint density at radius 3 is 2.81 bits per heavy atom. The maximum absolute atomic E-state index is 11.8. The van der Waals surface area contributed by atoms with Gasteiger partial charge in [-0.15, -0.1) is 5.11 Å². The Morgan fingerprint density at radius 1 is 1.38 bits per heavy atom. The molecule has 1 saturated carbocycles. The summed E-state index contributed by atoms with van der Waals surface area (Å²) >= 11 is 0. The zero-order valence-electron chi connectivity index (χ0n) is 12.6. The van der Waals surface area contributed by atoms with Crippen LogP contribution in [0.2, 0.25) is 0 Å². The third-order valence-electron chi connectivity index (χ3n) is 3.39. The number of carbonyl (C=O) groups is 1. The third kappa shape index (κ3) is 4.55. The molecule has 1 aliphatic rings. The van der Waals surface area contributed by atoms with Crippen LogP contribution in [0.4, 0.5) is 5.69 Å². The Hall–Kier alpha value is -1.91. The van der Waals surface area contributed by atoms with Crippen molar-refractivity contribution >= 4 is 11.7 Å². The van der Waals surface area contributed by atoms with E-state index in [-0.39, 0.29) is 29.2 Å². The fourth-order valence-corrected chi connectivity index (χ4v) is 1.86. The van der Waals surface area contributed by atoms with Gasteiger partial charge in [0.25, 0.3) is 0 Å². The summed E-state index contributed by atoms with van der Waals surface area (Å²) in [5.74, 6) is 0.0110. The van der Waals surface area contributed by atoms with Crippen molar-refractivity contribution in [3.05, 3.63) is 17.7 Å². The molecule has 0 aliphatic heterocycles. The summed E-state index contributed by atoms with van der Waals surface area (Å²) in [7, 11) is 0. The molecular formula is C16H22N2O3. The summed E-state index contributed by atoms with van der Waals surface area (Å²) in [4.78, 5) is 11.8. The first-order valence-electron chi connectivity index (χ1n) is 7.56. The van der Waals surface area contributed by atoms with Crippen molar-refractivity contribution in [1.29, 1.82) is 0 Å². The van der Waals surface area contributed by atoms with Crippen molar-refractivity contribution in [1.82, 2.24) is 0 Å². The maximum atomic E-state index is 11.8. The quantitative estimate of drug-likeness (QED) is 0.349. The van der Waals surface area contributed by atoms with E-state index in [4.69, 9.17) is 4.74 Å². The predicted molar refractivity (Wildman–Crippen MR) is 80.2 cm³/mol. The molecule has 1 aromatic rings. The summed E-state index contributed by atoms with van der Waals surface area (Å²) in [6.45, 7) is 3.86. The smallest absolute Gasteiger partial charge is 0.311 e. The number of phenols is 1. The first kappa shape index (κ1) is 15.5. The monoisotopic (exact) mass is 290 g/mol. The second-order valence-corrected chi connectivity index (χ2v) is 5.46. The molecule has 2 rings (SSSR count). The summed E-state index contributed by atoms with van der Waals surface area (Å²) in [6, 6.07) is 3.62. The van der Waals surface area contributed by atoms with Gasteiger partial charge < -0.3 is 9.84 Å². The van der Waals surface area contributed by atoms with Gasteiger partial charge in [-0.1, -0.05) is 25.8 Å². The van der Waals surface area contributed by atoms with Crippen LogP contribution in [0.25, 0.3) is 0 Å². The molecule has 0 amide bonds. The number of rotatable bonds is 7. The van der Waals surface area contributed by atoms with Gasteiger partial charge in [0.15, 0.2) is 11.4 Å². The van der Waals surface area contributed by atoms with Crippen LogP contribution in [-0.2, 0) is 4.79 Å². The number of benzene rings is 1. The molecule has 0 radical (unpaired) electrons. The molecule has 1 N–H and O–H groups in total. The highest BCUT2D eigenvalue weighted by Gasteiger charge is 2.22. The molecule has 0 unspecified atom stereocenters. The highest BCUT2D eigenvalue weighted by Crippen LogP contribution is 2.40. The molecule has 1 aliphatic carbocycles. The van der Waals surface area contributed by atoms with Gasteiger partial charge in [0, 0.05) is 6.42 Å². The zero-order chi connectivity index (χ0) is 15.2. The number of aryl methyl sites for hydroxylation is 1. The van der Waals surface area contributed by atoms with Crippen LogP contribution in [0, 0.1) is 6.92 Å². The lowest BCUT2D eigenvalue weighted by Gasteiger charge is -2.09.